The standard InChI is InChI=1S/C19H18N2O2S/c1-14-18(15-8-4-2-5-9-15)21-19(24-14)20-17(22)12-13-23-16-10-6-3-7-11-16/h2-11H,12-13H2,1H3,(H,20,21,22). The van der Waals surface area contributed by atoms with E-state index in [1.165, 1.54) is 11.3 Å². The number of aryl methyl sites for hydroxylation is 1. The van der Waals surface area contributed by atoms with Gasteiger partial charge in [0.1, 0.15) is 5.75 Å². The quantitative estimate of drug-likeness (QED) is 0.718. The van der Waals surface area contributed by atoms with Crippen LogP contribution in [-0.2, 0) is 4.79 Å². The molecule has 0 saturated heterocycles. The number of nitrogens with zero attached hydrogens (tertiary/aromatic N) is 1. The van der Waals surface area contributed by atoms with E-state index in [2.05, 4.69) is 10.3 Å². The lowest BCUT2D eigenvalue weighted by atomic mass is 10.1. The molecule has 5 heteroatoms. The van der Waals surface area contributed by atoms with E-state index in [1.54, 1.807) is 0 Å². The molecule has 0 bridgehead atoms. The summed E-state index contributed by atoms with van der Waals surface area (Å²) in [7, 11) is 0. The second kappa shape index (κ2) is 7.75. The highest BCUT2D eigenvalue weighted by atomic mass is 32.1. The summed E-state index contributed by atoms with van der Waals surface area (Å²) in [5, 5.41) is 3.47. The summed E-state index contributed by atoms with van der Waals surface area (Å²) >= 11 is 1.48. The molecule has 24 heavy (non-hydrogen) atoms. The van der Waals surface area contributed by atoms with Gasteiger partial charge in [-0.15, -0.1) is 11.3 Å². The zero-order valence-corrected chi connectivity index (χ0v) is 14.2. The molecule has 0 aliphatic carbocycles. The number of ether oxygens (including phenoxy) is 1. The van der Waals surface area contributed by atoms with E-state index in [0.29, 0.717) is 11.7 Å². The highest BCUT2D eigenvalue weighted by molar-refractivity contribution is 7.16. The molecule has 0 aliphatic rings. The Morgan fingerprint density at radius 2 is 1.75 bits per heavy atom. The molecule has 1 heterocycles. The Bertz CT molecular complexity index is 801. The lowest BCUT2D eigenvalue weighted by Crippen LogP contribution is -2.15. The molecular formula is C19H18N2O2S. The summed E-state index contributed by atoms with van der Waals surface area (Å²) in [6, 6.07) is 19.4. The molecule has 0 fully saturated rings. The van der Waals surface area contributed by atoms with Crippen LogP contribution in [0.4, 0.5) is 5.13 Å². The van der Waals surface area contributed by atoms with Gasteiger partial charge in [-0.1, -0.05) is 48.5 Å². The molecule has 2 aromatic carbocycles. The van der Waals surface area contributed by atoms with Crippen LogP contribution >= 0.6 is 11.3 Å². The Kier molecular flexibility index (Phi) is 5.23. The van der Waals surface area contributed by atoms with Gasteiger partial charge in [-0.05, 0) is 19.1 Å². The lowest BCUT2D eigenvalue weighted by molar-refractivity contribution is -0.116. The molecule has 0 radical (unpaired) electrons. The van der Waals surface area contributed by atoms with E-state index in [1.807, 2.05) is 67.6 Å². The highest BCUT2D eigenvalue weighted by Gasteiger charge is 2.11. The molecule has 122 valence electrons. The van der Waals surface area contributed by atoms with Gasteiger partial charge in [-0.25, -0.2) is 4.98 Å². The number of nitrogens with one attached hydrogen (secondary N) is 1. The predicted molar refractivity (Wildman–Crippen MR) is 97.5 cm³/mol. The van der Waals surface area contributed by atoms with E-state index < -0.39 is 0 Å². The van der Waals surface area contributed by atoms with Gasteiger partial charge in [0.05, 0.1) is 18.7 Å². The fourth-order valence-corrected chi connectivity index (χ4v) is 3.13. The molecule has 1 amide bonds. The number of rotatable bonds is 6. The van der Waals surface area contributed by atoms with Crippen molar-refractivity contribution in [3.05, 3.63) is 65.5 Å². The average molecular weight is 338 g/mol. The Labute approximate surface area is 145 Å². The van der Waals surface area contributed by atoms with Crippen molar-refractivity contribution in [3.8, 4) is 17.0 Å². The van der Waals surface area contributed by atoms with Crippen LogP contribution in [0.3, 0.4) is 0 Å². The molecule has 1 aromatic heterocycles. The zero-order valence-electron chi connectivity index (χ0n) is 13.4. The Hall–Kier alpha value is -2.66. The number of thiazole rings is 1. The maximum absolute atomic E-state index is 12.0. The molecule has 0 spiro atoms. The van der Waals surface area contributed by atoms with Crippen LogP contribution in [0.2, 0.25) is 0 Å². The van der Waals surface area contributed by atoms with Gasteiger partial charge in [0, 0.05) is 10.4 Å². The molecule has 3 aromatic rings. The Balaban J connectivity index is 1.55. The van der Waals surface area contributed by atoms with Gasteiger partial charge in [0.25, 0.3) is 0 Å². The van der Waals surface area contributed by atoms with Crippen molar-refractivity contribution < 1.29 is 9.53 Å². The average Bonchev–Trinajstić information content (AvgIpc) is 2.97. The minimum Gasteiger partial charge on any atom is -0.493 e. The summed E-state index contributed by atoms with van der Waals surface area (Å²) in [6.07, 6.45) is 0.286. The zero-order chi connectivity index (χ0) is 16.8. The fraction of sp³-hybridized carbons (Fsp3) is 0.158. The highest BCUT2D eigenvalue weighted by Crippen LogP contribution is 2.30. The number of carbonyl (C=O) groups excluding carboxylic acids is 1. The van der Waals surface area contributed by atoms with Crippen molar-refractivity contribution in [1.29, 1.82) is 0 Å². The van der Waals surface area contributed by atoms with Gasteiger partial charge in [-0.2, -0.15) is 0 Å². The molecule has 0 atom stereocenters. The number of hydrogen-bond donors (Lipinski definition) is 1. The van der Waals surface area contributed by atoms with Crippen molar-refractivity contribution in [3.63, 3.8) is 0 Å². The minimum atomic E-state index is -0.0979. The molecule has 0 unspecified atom stereocenters. The van der Waals surface area contributed by atoms with Crippen molar-refractivity contribution in [1.82, 2.24) is 4.98 Å². The molecule has 4 nitrogen and oxygen atoms in total. The lowest BCUT2D eigenvalue weighted by Gasteiger charge is -2.05. The van der Waals surface area contributed by atoms with E-state index in [0.717, 1.165) is 21.9 Å². The fourth-order valence-electron chi connectivity index (χ4n) is 2.27. The number of hydrogen-bond acceptors (Lipinski definition) is 4. The summed E-state index contributed by atoms with van der Waals surface area (Å²) in [4.78, 5) is 17.6. The summed E-state index contributed by atoms with van der Waals surface area (Å²) in [6.45, 7) is 2.35. The number of benzene rings is 2. The van der Waals surface area contributed by atoms with Crippen LogP contribution in [0, 0.1) is 6.92 Å². The number of aromatic nitrogens is 1. The number of amides is 1. The molecule has 0 aliphatic heterocycles. The van der Waals surface area contributed by atoms with Crippen LogP contribution in [-0.4, -0.2) is 17.5 Å². The largest absolute Gasteiger partial charge is 0.493 e. The van der Waals surface area contributed by atoms with E-state index in [4.69, 9.17) is 4.74 Å². The topological polar surface area (TPSA) is 51.2 Å². The maximum Gasteiger partial charge on any atom is 0.229 e. The van der Waals surface area contributed by atoms with Crippen molar-refractivity contribution in [2.45, 2.75) is 13.3 Å². The van der Waals surface area contributed by atoms with Gasteiger partial charge >= 0.3 is 0 Å². The maximum atomic E-state index is 12.0. The third-order valence-corrected chi connectivity index (χ3v) is 4.32. The number of anilines is 1. The third kappa shape index (κ3) is 4.20. The predicted octanol–water partition coefficient (Wildman–Crippen LogP) is 4.53. The molecule has 1 N–H and O–H groups in total. The Morgan fingerprint density at radius 3 is 2.46 bits per heavy atom. The number of carbonyl (C=O) groups is 1. The normalized spacial score (nSPS) is 10.4. The van der Waals surface area contributed by atoms with Gasteiger partial charge in [0.2, 0.25) is 5.91 Å². The van der Waals surface area contributed by atoms with Crippen LogP contribution in [0.25, 0.3) is 11.3 Å². The van der Waals surface area contributed by atoms with Crippen LogP contribution < -0.4 is 10.1 Å². The van der Waals surface area contributed by atoms with Crippen LogP contribution in [0.5, 0.6) is 5.75 Å². The molecular weight excluding hydrogens is 320 g/mol. The van der Waals surface area contributed by atoms with Gasteiger partial charge in [0.15, 0.2) is 5.13 Å². The monoisotopic (exact) mass is 338 g/mol. The van der Waals surface area contributed by atoms with E-state index in [-0.39, 0.29) is 12.3 Å². The smallest absolute Gasteiger partial charge is 0.229 e. The molecule has 0 saturated carbocycles. The van der Waals surface area contributed by atoms with Gasteiger partial charge in [-0.3, -0.25) is 4.79 Å². The summed E-state index contributed by atoms with van der Waals surface area (Å²) in [5.74, 6) is 0.668. The first-order valence-electron chi connectivity index (χ1n) is 7.73. The van der Waals surface area contributed by atoms with Crippen LogP contribution in [0.15, 0.2) is 60.7 Å². The SMILES string of the molecule is Cc1sc(NC(=O)CCOc2ccccc2)nc1-c1ccccc1. The second-order valence-corrected chi connectivity index (χ2v) is 6.45. The number of para-hydroxylation sites is 1. The first-order chi connectivity index (χ1) is 11.7. The minimum absolute atomic E-state index is 0.0979. The first kappa shape index (κ1) is 16.2. The third-order valence-electron chi connectivity index (χ3n) is 3.43. The van der Waals surface area contributed by atoms with Crippen LogP contribution in [0.1, 0.15) is 11.3 Å². The summed E-state index contributed by atoms with van der Waals surface area (Å²) in [5.41, 5.74) is 1.97. The summed E-state index contributed by atoms with van der Waals surface area (Å²) < 4.78 is 5.53. The van der Waals surface area contributed by atoms with Gasteiger partial charge < -0.3 is 10.1 Å². The van der Waals surface area contributed by atoms with E-state index >= 15 is 0 Å². The van der Waals surface area contributed by atoms with Crippen molar-refractivity contribution in [2.24, 2.45) is 0 Å². The first-order valence-corrected chi connectivity index (χ1v) is 8.54. The van der Waals surface area contributed by atoms with Crippen molar-refractivity contribution in [2.75, 3.05) is 11.9 Å². The molecule has 3 rings (SSSR count). The van der Waals surface area contributed by atoms with Crippen molar-refractivity contribution >= 4 is 22.4 Å². The second-order valence-electron chi connectivity index (χ2n) is 5.25. The van der Waals surface area contributed by atoms with E-state index in [9.17, 15) is 4.79 Å². The Morgan fingerprint density at radius 1 is 1.08 bits per heavy atom.